The first-order valence-corrected chi connectivity index (χ1v) is 7.96. The second-order valence-electron chi connectivity index (χ2n) is 6.13. The fraction of sp³-hybridized carbons (Fsp3) is 0.529. The van der Waals surface area contributed by atoms with Gasteiger partial charge in [0.2, 0.25) is 11.8 Å². The summed E-state index contributed by atoms with van der Waals surface area (Å²) >= 11 is 0. The first kappa shape index (κ1) is 17.4. The maximum absolute atomic E-state index is 12.4. The monoisotopic (exact) mass is 318 g/mol. The van der Waals surface area contributed by atoms with Gasteiger partial charge in [0.05, 0.1) is 6.54 Å². The highest BCUT2D eigenvalue weighted by Crippen LogP contribution is 2.22. The fourth-order valence-corrected chi connectivity index (χ4v) is 3.10. The lowest BCUT2D eigenvalue weighted by Crippen LogP contribution is -2.58. The number of carbonyl (C=O) groups is 2. The zero-order valence-corrected chi connectivity index (χ0v) is 14.3. The van der Waals surface area contributed by atoms with Crippen LogP contribution in [0.25, 0.3) is 0 Å². The Bertz CT molecular complexity index is 577. The minimum Gasteiger partial charge on any atom is -0.358 e. The van der Waals surface area contributed by atoms with Crippen LogP contribution in [0, 0.1) is 20.8 Å². The smallest absolute Gasteiger partial charge is 0.238 e. The van der Waals surface area contributed by atoms with Crippen molar-refractivity contribution in [3.63, 3.8) is 0 Å². The zero-order chi connectivity index (χ0) is 17.0. The highest BCUT2D eigenvalue weighted by atomic mass is 16.2. The maximum Gasteiger partial charge on any atom is 0.238 e. The van der Waals surface area contributed by atoms with E-state index in [4.69, 9.17) is 0 Å². The molecule has 0 spiro atoms. The number of benzene rings is 1. The van der Waals surface area contributed by atoms with Gasteiger partial charge in [0, 0.05) is 32.4 Å². The first-order chi connectivity index (χ1) is 10.9. The molecule has 6 heteroatoms. The quantitative estimate of drug-likeness (QED) is 0.759. The van der Waals surface area contributed by atoms with E-state index in [9.17, 15) is 9.59 Å². The van der Waals surface area contributed by atoms with Crippen LogP contribution in [0.2, 0.25) is 0 Å². The lowest BCUT2D eigenvalue weighted by Gasteiger charge is -2.34. The van der Waals surface area contributed by atoms with E-state index >= 15 is 0 Å². The Morgan fingerprint density at radius 2 is 1.91 bits per heavy atom. The second-order valence-corrected chi connectivity index (χ2v) is 6.13. The van der Waals surface area contributed by atoms with Crippen molar-refractivity contribution in [2.75, 3.05) is 38.5 Å². The molecule has 1 heterocycles. The molecule has 1 aromatic carbocycles. The van der Waals surface area contributed by atoms with Gasteiger partial charge in [-0.1, -0.05) is 17.7 Å². The van der Waals surface area contributed by atoms with Gasteiger partial charge < -0.3 is 16.0 Å². The van der Waals surface area contributed by atoms with Crippen molar-refractivity contribution in [2.24, 2.45) is 0 Å². The number of piperazine rings is 1. The van der Waals surface area contributed by atoms with E-state index < -0.39 is 0 Å². The number of nitrogens with zero attached hydrogens (tertiary/aromatic N) is 1. The van der Waals surface area contributed by atoms with Crippen LogP contribution >= 0.6 is 0 Å². The number of hydrogen-bond donors (Lipinski definition) is 3. The summed E-state index contributed by atoms with van der Waals surface area (Å²) in [6.45, 7) is 8.27. The number of anilines is 1. The summed E-state index contributed by atoms with van der Waals surface area (Å²) in [4.78, 5) is 26.3. The summed E-state index contributed by atoms with van der Waals surface area (Å²) in [6, 6.07) is 3.81. The van der Waals surface area contributed by atoms with E-state index in [0.29, 0.717) is 13.1 Å². The van der Waals surface area contributed by atoms with Crippen LogP contribution in [0.15, 0.2) is 12.1 Å². The Morgan fingerprint density at radius 1 is 1.26 bits per heavy atom. The molecule has 0 bridgehead atoms. The van der Waals surface area contributed by atoms with E-state index in [0.717, 1.165) is 23.4 Å². The number of nitrogens with one attached hydrogen (secondary N) is 3. The summed E-state index contributed by atoms with van der Waals surface area (Å²) < 4.78 is 0. The Balaban J connectivity index is 2.05. The van der Waals surface area contributed by atoms with Gasteiger partial charge >= 0.3 is 0 Å². The van der Waals surface area contributed by atoms with Crippen LogP contribution in [0.1, 0.15) is 16.7 Å². The van der Waals surface area contributed by atoms with Crippen molar-refractivity contribution in [2.45, 2.75) is 26.8 Å². The van der Waals surface area contributed by atoms with Crippen LogP contribution < -0.4 is 16.0 Å². The second kappa shape index (κ2) is 7.57. The van der Waals surface area contributed by atoms with Crippen LogP contribution in [0.4, 0.5) is 5.69 Å². The number of carbonyl (C=O) groups excluding carboxylic acids is 2. The Kier molecular flexibility index (Phi) is 5.74. The number of rotatable bonds is 4. The maximum atomic E-state index is 12.4. The predicted molar refractivity (Wildman–Crippen MR) is 91.6 cm³/mol. The topological polar surface area (TPSA) is 73.5 Å². The van der Waals surface area contributed by atoms with Crippen molar-refractivity contribution in [1.82, 2.24) is 15.5 Å². The number of aryl methyl sites for hydroxylation is 3. The number of amides is 2. The molecule has 2 rings (SSSR count). The lowest BCUT2D eigenvalue weighted by atomic mass is 10.1. The molecular formula is C17H26N4O2. The van der Waals surface area contributed by atoms with Gasteiger partial charge in [0.15, 0.2) is 0 Å². The predicted octanol–water partition coefficient (Wildman–Crippen LogP) is 0.570. The van der Waals surface area contributed by atoms with Crippen LogP contribution in [-0.2, 0) is 9.59 Å². The van der Waals surface area contributed by atoms with Gasteiger partial charge in [-0.05, 0) is 31.9 Å². The van der Waals surface area contributed by atoms with Gasteiger partial charge in [-0.15, -0.1) is 0 Å². The van der Waals surface area contributed by atoms with E-state index in [1.54, 1.807) is 7.05 Å². The molecule has 126 valence electrons. The molecule has 1 aliphatic heterocycles. The molecule has 3 N–H and O–H groups in total. The largest absolute Gasteiger partial charge is 0.358 e. The molecule has 6 nitrogen and oxygen atoms in total. The van der Waals surface area contributed by atoms with E-state index in [1.807, 2.05) is 25.7 Å². The normalized spacial score (nSPS) is 18.5. The molecule has 0 aliphatic carbocycles. The third kappa shape index (κ3) is 4.30. The van der Waals surface area contributed by atoms with Crippen LogP contribution in [0.3, 0.4) is 0 Å². The summed E-state index contributed by atoms with van der Waals surface area (Å²) in [6.07, 6.45) is 0. The van der Waals surface area contributed by atoms with Gasteiger partial charge in [-0.25, -0.2) is 0 Å². The van der Waals surface area contributed by atoms with Crippen molar-refractivity contribution < 1.29 is 9.59 Å². The summed E-state index contributed by atoms with van der Waals surface area (Å²) in [5.41, 5.74) is 4.16. The summed E-state index contributed by atoms with van der Waals surface area (Å²) in [7, 11) is 1.62. The molecule has 1 atom stereocenters. The fourth-order valence-electron chi connectivity index (χ4n) is 3.10. The average Bonchev–Trinajstić information content (AvgIpc) is 2.50. The summed E-state index contributed by atoms with van der Waals surface area (Å²) in [5, 5.41) is 8.85. The minimum absolute atomic E-state index is 0.0623. The standard InChI is InChI=1S/C17H26N4O2/c1-11-7-12(2)16(13(3)8-11)20-15(22)10-21-6-5-19-9-14(21)17(23)18-4/h7-8,14,19H,5-6,9-10H2,1-4H3,(H,18,23)(H,20,22). The highest BCUT2D eigenvalue weighted by molar-refractivity contribution is 5.94. The Morgan fingerprint density at radius 3 is 2.52 bits per heavy atom. The average molecular weight is 318 g/mol. The third-order valence-corrected chi connectivity index (χ3v) is 4.19. The molecule has 1 saturated heterocycles. The first-order valence-electron chi connectivity index (χ1n) is 7.96. The summed E-state index contributed by atoms with van der Waals surface area (Å²) in [5.74, 6) is -0.149. The van der Waals surface area contributed by atoms with Gasteiger partial charge in [-0.2, -0.15) is 0 Å². The molecule has 0 aromatic heterocycles. The molecule has 2 amide bonds. The van der Waals surface area contributed by atoms with Crippen molar-refractivity contribution in [3.05, 3.63) is 28.8 Å². The molecule has 1 aliphatic rings. The van der Waals surface area contributed by atoms with E-state index in [2.05, 4.69) is 28.1 Å². The molecule has 1 aromatic rings. The van der Waals surface area contributed by atoms with Crippen LogP contribution in [-0.4, -0.2) is 56.0 Å². The van der Waals surface area contributed by atoms with E-state index in [1.165, 1.54) is 5.56 Å². The molecule has 1 unspecified atom stereocenters. The molecule has 23 heavy (non-hydrogen) atoms. The molecule has 1 fully saturated rings. The van der Waals surface area contributed by atoms with Crippen molar-refractivity contribution in [1.29, 1.82) is 0 Å². The third-order valence-electron chi connectivity index (χ3n) is 4.19. The molecule has 0 saturated carbocycles. The zero-order valence-electron chi connectivity index (χ0n) is 14.3. The van der Waals surface area contributed by atoms with Gasteiger partial charge in [0.25, 0.3) is 0 Å². The SMILES string of the molecule is CNC(=O)C1CNCCN1CC(=O)Nc1c(C)cc(C)cc1C. The molecule has 0 radical (unpaired) electrons. The van der Waals surface area contributed by atoms with Crippen molar-refractivity contribution in [3.8, 4) is 0 Å². The lowest BCUT2D eigenvalue weighted by molar-refractivity contribution is -0.128. The van der Waals surface area contributed by atoms with Gasteiger partial charge in [0.1, 0.15) is 6.04 Å². The van der Waals surface area contributed by atoms with Crippen molar-refractivity contribution >= 4 is 17.5 Å². The van der Waals surface area contributed by atoms with Crippen LogP contribution in [0.5, 0.6) is 0 Å². The van der Waals surface area contributed by atoms with E-state index in [-0.39, 0.29) is 24.4 Å². The number of likely N-dealkylation sites (N-methyl/N-ethyl adjacent to an activating group) is 1. The minimum atomic E-state index is -0.306. The Hall–Kier alpha value is -1.92. The molecular weight excluding hydrogens is 292 g/mol. The highest BCUT2D eigenvalue weighted by Gasteiger charge is 2.29. The van der Waals surface area contributed by atoms with Gasteiger partial charge in [-0.3, -0.25) is 14.5 Å². The Labute approximate surface area is 137 Å². The number of hydrogen-bond acceptors (Lipinski definition) is 4.